The fraction of sp³-hybridized carbons (Fsp3) is 0.350. The number of piperidine rings is 1. The lowest BCUT2D eigenvalue weighted by Gasteiger charge is -2.36. The molecule has 2 heterocycles. The first-order valence-corrected chi connectivity index (χ1v) is 9.88. The van der Waals surface area contributed by atoms with Crippen LogP contribution in [0.1, 0.15) is 28.9 Å². The minimum Gasteiger partial charge on any atom is -0.335 e. The number of nitrogens with zero attached hydrogens (tertiary/aromatic N) is 2. The Balaban J connectivity index is 1.63. The van der Waals surface area contributed by atoms with Gasteiger partial charge in [0.15, 0.2) is 0 Å². The van der Waals surface area contributed by atoms with Gasteiger partial charge in [-0.2, -0.15) is 0 Å². The Kier molecular flexibility index (Phi) is 6.24. The van der Waals surface area contributed by atoms with Crippen LogP contribution in [0.4, 0.5) is 5.69 Å². The van der Waals surface area contributed by atoms with Gasteiger partial charge < -0.3 is 15.1 Å². The number of rotatable bonds is 5. The molecule has 0 bridgehead atoms. The van der Waals surface area contributed by atoms with Gasteiger partial charge in [0.05, 0.1) is 11.4 Å². The molecule has 1 N–H and O–H groups in total. The summed E-state index contributed by atoms with van der Waals surface area (Å²) in [6.45, 7) is 0.516. The predicted octanol–water partition coefficient (Wildman–Crippen LogP) is 2.84. The highest BCUT2D eigenvalue weighted by Crippen LogP contribution is 2.23. The zero-order chi connectivity index (χ0) is 19.2. The fourth-order valence-electron chi connectivity index (χ4n) is 3.24. The molecule has 0 aliphatic carbocycles. The molecule has 0 radical (unpaired) electrons. The van der Waals surface area contributed by atoms with E-state index in [0.717, 1.165) is 12.8 Å². The quantitative estimate of drug-likeness (QED) is 0.860. The number of likely N-dealkylation sites (N-methyl/N-ethyl adjacent to an activating group) is 1. The molecule has 1 unspecified atom stereocenters. The van der Waals surface area contributed by atoms with Crippen molar-refractivity contribution in [1.29, 1.82) is 0 Å². The van der Waals surface area contributed by atoms with Crippen LogP contribution in [0.3, 0.4) is 0 Å². The van der Waals surface area contributed by atoms with Crippen LogP contribution in [0.2, 0.25) is 0 Å². The second kappa shape index (κ2) is 8.81. The van der Waals surface area contributed by atoms with Gasteiger partial charge in [-0.15, -0.1) is 11.3 Å². The topological polar surface area (TPSA) is 69.7 Å². The normalized spacial score (nSPS) is 16.6. The van der Waals surface area contributed by atoms with Crippen molar-refractivity contribution in [3.05, 3.63) is 52.7 Å². The summed E-state index contributed by atoms with van der Waals surface area (Å²) in [6.07, 6.45) is 2.41. The minimum absolute atomic E-state index is 0.0503. The van der Waals surface area contributed by atoms with Crippen LogP contribution in [0.25, 0.3) is 0 Å². The Hall–Kier alpha value is -2.67. The number of benzene rings is 1. The maximum Gasteiger partial charge on any atom is 0.264 e. The Labute approximate surface area is 162 Å². The number of hydrogen-bond donors (Lipinski definition) is 1. The number of carbonyl (C=O) groups is 3. The van der Waals surface area contributed by atoms with Gasteiger partial charge in [-0.05, 0) is 42.8 Å². The van der Waals surface area contributed by atoms with E-state index in [-0.39, 0.29) is 24.3 Å². The summed E-state index contributed by atoms with van der Waals surface area (Å²) in [5.41, 5.74) is 0.690. The number of hydrogen-bond acceptors (Lipinski definition) is 4. The summed E-state index contributed by atoms with van der Waals surface area (Å²) in [7, 11) is 1.61. The molecule has 1 aromatic heterocycles. The smallest absolute Gasteiger partial charge is 0.264 e. The number of para-hydroxylation sites is 1. The van der Waals surface area contributed by atoms with Gasteiger partial charge in [-0.1, -0.05) is 24.3 Å². The second-order valence-electron chi connectivity index (χ2n) is 6.60. The minimum atomic E-state index is -0.511. The number of nitrogens with one attached hydrogen (secondary N) is 1. The van der Waals surface area contributed by atoms with Crippen molar-refractivity contribution < 1.29 is 14.4 Å². The van der Waals surface area contributed by atoms with Gasteiger partial charge in [0.2, 0.25) is 11.8 Å². The first-order chi connectivity index (χ1) is 13.1. The van der Waals surface area contributed by atoms with Crippen molar-refractivity contribution >= 4 is 34.7 Å². The van der Waals surface area contributed by atoms with E-state index in [1.807, 2.05) is 29.6 Å². The van der Waals surface area contributed by atoms with E-state index in [1.165, 1.54) is 16.2 Å². The number of carbonyl (C=O) groups excluding carboxylic acids is 3. The molecule has 1 fully saturated rings. The third kappa shape index (κ3) is 4.74. The number of likely N-dealkylation sites (tertiary alicyclic amines) is 1. The standard InChI is InChI=1S/C20H23N3O3S/c1-22(14-18(24)21-15-8-3-2-4-9-15)19(25)16-10-5-6-12-23(16)20(26)17-11-7-13-27-17/h2-4,7-9,11,13,16H,5-6,10,12,14H2,1H3,(H,21,24). The third-order valence-corrected chi connectivity index (χ3v) is 5.45. The monoisotopic (exact) mass is 385 g/mol. The highest BCUT2D eigenvalue weighted by Gasteiger charge is 2.34. The Morgan fingerprint density at radius 1 is 1.15 bits per heavy atom. The lowest BCUT2D eigenvalue weighted by molar-refractivity contribution is -0.138. The molecule has 3 rings (SSSR count). The van der Waals surface area contributed by atoms with Crippen LogP contribution >= 0.6 is 11.3 Å². The third-order valence-electron chi connectivity index (χ3n) is 4.60. The zero-order valence-electron chi connectivity index (χ0n) is 15.3. The van der Waals surface area contributed by atoms with Crippen molar-refractivity contribution in [1.82, 2.24) is 9.80 Å². The molecule has 1 atom stereocenters. The van der Waals surface area contributed by atoms with Gasteiger partial charge in [0, 0.05) is 19.3 Å². The number of anilines is 1. The molecule has 7 heteroatoms. The molecule has 1 aromatic carbocycles. The lowest BCUT2D eigenvalue weighted by Crippen LogP contribution is -2.53. The van der Waals surface area contributed by atoms with Crippen LogP contribution < -0.4 is 5.32 Å². The maximum atomic E-state index is 12.9. The average Bonchev–Trinajstić information content (AvgIpc) is 3.22. The van der Waals surface area contributed by atoms with E-state index in [0.29, 0.717) is 23.5 Å². The fourth-order valence-corrected chi connectivity index (χ4v) is 3.92. The molecule has 27 heavy (non-hydrogen) atoms. The first kappa shape index (κ1) is 19.1. The van der Waals surface area contributed by atoms with Gasteiger partial charge in [0.25, 0.3) is 5.91 Å². The summed E-state index contributed by atoms with van der Waals surface area (Å²) in [5, 5.41) is 4.63. The summed E-state index contributed by atoms with van der Waals surface area (Å²) in [4.78, 5) is 41.6. The van der Waals surface area contributed by atoms with Crippen molar-refractivity contribution in [3.8, 4) is 0 Å². The summed E-state index contributed by atoms with van der Waals surface area (Å²) < 4.78 is 0. The average molecular weight is 385 g/mol. The van der Waals surface area contributed by atoms with Crippen LogP contribution in [-0.4, -0.2) is 53.7 Å². The molecular weight excluding hydrogens is 362 g/mol. The van der Waals surface area contributed by atoms with Crippen molar-refractivity contribution in [3.63, 3.8) is 0 Å². The molecule has 2 aromatic rings. The highest BCUT2D eigenvalue weighted by atomic mass is 32.1. The van der Waals surface area contributed by atoms with E-state index in [4.69, 9.17) is 0 Å². The molecule has 1 aliphatic rings. The van der Waals surface area contributed by atoms with Crippen molar-refractivity contribution in [2.24, 2.45) is 0 Å². The Morgan fingerprint density at radius 3 is 2.63 bits per heavy atom. The van der Waals surface area contributed by atoms with Crippen LogP contribution in [-0.2, 0) is 9.59 Å². The Bertz CT molecular complexity index is 792. The van der Waals surface area contributed by atoms with Gasteiger partial charge in [-0.25, -0.2) is 0 Å². The first-order valence-electron chi connectivity index (χ1n) is 9.00. The summed E-state index contributed by atoms with van der Waals surface area (Å²) in [5.74, 6) is -0.558. The summed E-state index contributed by atoms with van der Waals surface area (Å²) >= 11 is 1.38. The maximum absolute atomic E-state index is 12.9. The molecule has 1 saturated heterocycles. The number of amides is 3. The number of thiophene rings is 1. The van der Waals surface area contributed by atoms with Gasteiger partial charge in [-0.3, -0.25) is 14.4 Å². The van der Waals surface area contributed by atoms with E-state index < -0.39 is 6.04 Å². The molecule has 142 valence electrons. The molecule has 6 nitrogen and oxygen atoms in total. The van der Waals surface area contributed by atoms with E-state index in [9.17, 15) is 14.4 Å². The zero-order valence-corrected chi connectivity index (χ0v) is 16.1. The summed E-state index contributed by atoms with van der Waals surface area (Å²) in [6, 6.07) is 12.2. The largest absolute Gasteiger partial charge is 0.335 e. The van der Waals surface area contributed by atoms with Gasteiger partial charge >= 0.3 is 0 Å². The van der Waals surface area contributed by atoms with Crippen LogP contribution in [0.5, 0.6) is 0 Å². The molecule has 3 amide bonds. The molecule has 0 saturated carbocycles. The van der Waals surface area contributed by atoms with Crippen LogP contribution in [0, 0.1) is 0 Å². The van der Waals surface area contributed by atoms with Gasteiger partial charge in [0.1, 0.15) is 6.04 Å². The SMILES string of the molecule is CN(CC(=O)Nc1ccccc1)C(=O)C1CCCCN1C(=O)c1cccs1. The van der Waals surface area contributed by atoms with E-state index in [1.54, 1.807) is 30.1 Å². The molecule has 1 aliphatic heterocycles. The molecule has 0 spiro atoms. The highest BCUT2D eigenvalue weighted by molar-refractivity contribution is 7.12. The lowest BCUT2D eigenvalue weighted by atomic mass is 10.0. The van der Waals surface area contributed by atoms with Crippen molar-refractivity contribution in [2.45, 2.75) is 25.3 Å². The van der Waals surface area contributed by atoms with E-state index >= 15 is 0 Å². The Morgan fingerprint density at radius 2 is 1.93 bits per heavy atom. The van der Waals surface area contributed by atoms with E-state index in [2.05, 4.69) is 5.32 Å². The second-order valence-corrected chi connectivity index (χ2v) is 7.54. The predicted molar refractivity (Wildman–Crippen MR) is 106 cm³/mol. The van der Waals surface area contributed by atoms with Crippen LogP contribution in [0.15, 0.2) is 47.8 Å². The van der Waals surface area contributed by atoms with Crippen molar-refractivity contribution in [2.75, 3.05) is 25.5 Å². The molecular formula is C20H23N3O3S.